The van der Waals surface area contributed by atoms with Crippen LogP contribution in [-0.4, -0.2) is 44.6 Å². The maximum atomic E-state index is 11.7. The Morgan fingerprint density at radius 2 is 1.96 bits per heavy atom. The summed E-state index contributed by atoms with van der Waals surface area (Å²) in [4.78, 5) is 18.3. The van der Waals surface area contributed by atoms with Crippen LogP contribution in [0, 0.1) is 6.92 Å². The first-order valence-electron chi connectivity index (χ1n) is 8.78. The number of nitrogens with one attached hydrogen (secondary N) is 1. The molecule has 1 aromatic carbocycles. The SMILES string of the molecule is CCNC(=NCc1cc(C(=O)OC)c(C)o1)N(C)Cc1ccc(OC)cc1. The van der Waals surface area contributed by atoms with E-state index in [9.17, 15) is 4.79 Å². The van der Waals surface area contributed by atoms with E-state index >= 15 is 0 Å². The molecule has 0 aliphatic heterocycles. The van der Waals surface area contributed by atoms with Crippen LogP contribution in [0.1, 0.15) is 34.4 Å². The number of aryl methyl sites for hydroxylation is 1. The number of methoxy groups -OCH3 is 2. The second-order valence-electron chi connectivity index (χ2n) is 6.05. The van der Waals surface area contributed by atoms with Crippen LogP contribution in [0.3, 0.4) is 0 Å². The Hall–Kier alpha value is -2.96. The van der Waals surface area contributed by atoms with Crippen LogP contribution in [0.2, 0.25) is 0 Å². The molecule has 0 unspecified atom stereocenters. The minimum absolute atomic E-state index is 0.327. The second kappa shape index (κ2) is 9.66. The third-order valence-corrected chi connectivity index (χ3v) is 4.03. The summed E-state index contributed by atoms with van der Waals surface area (Å²) >= 11 is 0. The van der Waals surface area contributed by atoms with Gasteiger partial charge in [0, 0.05) is 20.1 Å². The molecule has 7 nitrogen and oxygen atoms in total. The highest BCUT2D eigenvalue weighted by molar-refractivity contribution is 5.90. The molecule has 0 fully saturated rings. The standard InChI is InChI=1S/C20H27N3O4/c1-6-21-20(23(3)13-15-7-9-16(25-4)10-8-15)22-12-17-11-18(14(2)27-17)19(24)26-5/h7-11H,6,12-13H2,1-5H3,(H,21,22). The summed E-state index contributed by atoms with van der Waals surface area (Å²) in [7, 11) is 4.97. The van der Waals surface area contributed by atoms with Crippen LogP contribution < -0.4 is 10.1 Å². The van der Waals surface area contributed by atoms with Gasteiger partial charge < -0.3 is 24.1 Å². The molecule has 7 heteroatoms. The van der Waals surface area contributed by atoms with E-state index in [2.05, 4.69) is 10.3 Å². The van der Waals surface area contributed by atoms with Crippen molar-refractivity contribution in [1.29, 1.82) is 0 Å². The average molecular weight is 373 g/mol. The number of guanidine groups is 1. The largest absolute Gasteiger partial charge is 0.497 e. The molecule has 0 amide bonds. The van der Waals surface area contributed by atoms with Crippen LogP contribution in [0.25, 0.3) is 0 Å². The Bertz CT molecular complexity index is 781. The number of carbonyl (C=O) groups excluding carboxylic acids is 1. The summed E-state index contributed by atoms with van der Waals surface area (Å²) in [6, 6.07) is 9.60. The number of furan rings is 1. The third kappa shape index (κ3) is 5.51. The average Bonchev–Trinajstić information content (AvgIpc) is 3.05. The van der Waals surface area contributed by atoms with Crippen molar-refractivity contribution >= 4 is 11.9 Å². The monoisotopic (exact) mass is 373 g/mol. The molecule has 0 radical (unpaired) electrons. The van der Waals surface area contributed by atoms with E-state index in [1.54, 1.807) is 20.1 Å². The summed E-state index contributed by atoms with van der Waals surface area (Å²) in [5.41, 5.74) is 1.57. The number of ether oxygens (including phenoxy) is 2. The van der Waals surface area contributed by atoms with E-state index < -0.39 is 5.97 Å². The molecular weight excluding hydrogens is 346 g/mol. The molecule has 0 aliphatic carbocycles. The maximum absolute atomic E-state index is 11.7. The molecule has 1 heterocycles. The summed E-state index contributed by atoms with van der Waals surface area (Å²) in [5.74, 6) is 2.32. The lowest BCUT2D eigenvalue weighted by molar-refractivity contribution is 0.0599. The van der Waals surface area contributed by atoms with Gasteiger partial charge in [-0.25, -0.2) is 9.79 Å². The van der Waals surface area contributed by atoms with Crippen molar-refractivity contribution in [2.75, 3.05) is 27.8 Å². The zero-order valence-corrected chi connectivity index (χ0v) is 16.5. The fourth-order valence-electron chi connectivity index (χ4n) is 2.64. The molecule has 0 saturated heterocycles. The molecule has 0 aliphatic rings. The molecule has 0 spiro atoms. The fraction of sp³-hybridized carbons (Fsp3) is 0.400. The first kappa shape index (κ1) is 20.4. The minimum atomic E-state index is -0.407. The topological polar surface area (TPSA) is 76.3 Å². The van der Waals surface area contributed by atoms with Crippen molar-refractivity contribution in [2.24, 2.45) is 4.99 Å². The Kier molecular flexibility index (Phi) is 7.28. The summed E-state index contributed by atoms with van der Waals surface area (Å²) < 4.78 is 15.6. The summed E-state index contributed by atoms with van der Waals surface area (Å²) in [6.45, 7) is 5.52. The van der Waals surface area contributed by atoms with Crippen molar-refractivity contribution in [3.8, 4) is 5.75 Å². The number of aliphatic imine (C=N–C) groups is 1. The van der Waals surface area contributed by atoms with Gasteiger partial charge in [-0.05, 0) is 37.6 Å². The van der Waals surface area contributed by atoms with E-state index in [4.69, 9.17) is 13.9 Å². The Morgan fingerprint density at radius 3 is 2.56 bits per heavy atom. The van der Waals surface area contributed by atoms with Gasteiger partial charge in [0.25, 0.3) is 0 Å². The van der Waals surface area contributed by atoms with Gasteiger partial charge in [-0.15, -0.1) is 0 Å². The molecule has 27 heavy (non-hydrogen) atoms. The predicted molar refractivity (Wildman–Crippen MR) is 104 cm³/mol. The van der Waals surface area contributed by atoms with E-state index in [0.717, 1.165) is 23.8 Å². The molecular formula is C20H27N3O4. The fourth-order valence-corrected chi connectivity index (χ4v) is 2.64. The van der Waals surface area contributed by atoms with Gasteiger partial charge in [0.05, 0.1) is 14.2 Å². The lowest BCUT2D eigenvalue weighted by Crippen LogP contribution is -2.38. The van der Waals surface area contributed by atoms with Crippen molar-refractivity contribution in [3.05, 3.63) is 53.0 Å². The number of carbonyl (C=O) groups is 1. The number of hydrogen-bond acceptors (Lipinski definition) is 5. The number of esters is 1. The zero-order valence-electron chi connectivity index (χ0n) is 16.5. The van der Waals surface area contributed by atoms with Crippen molar-refractivity contribution in [3.63, 3.8) is 0 Å². The van der Waals surface area contributed by atoms with Gasteiger partial charge >= 0.3 is 5.97 Å². The van der Waals surface area contributed by atoms with Crippen LogP contribution >= 0.6 is 0 Å². The van der Waals surface area contributed by atoms with E-state index in [1.807, 2.05) is 43.1 Å². The van der Waals surface area contributed by atoms with Crippen LogP contribution in [-0.2, 0) is 17.8 Å². The van der Waals surface area contributed by atoms with Gasteiger partial charge in [0.2, 0.25) is 0 Å². The van der Waals surface area contributed by atoms with Crippen molar-refractivity contribution in [1.82, 2.24) is 10.2 Å². The Balaban J connectivity index is 2.09. The first-order valence-corrected chi connectivity index (χ1v) is 8.78. The first-order chi connectivity index (χ1) is 13.0. The quantitative estimate of drug-likeness (QED) is 0.457. The zero-order chi connectivity index (χ0) is 19.8. The van der Waals surface area contributed by atoms with Crippen LogP contribution in [0.4, 0.5) is 0 Å². The van der Waals surface area contributed by atoms with Gasteiger partial charge in [-0.3, -0.25) is 0 Å². The van der Waals surface area contributed by atoms with Crippen molar-refractivity contribution in [2.45, 2.75) is 26.9 Å². The van der Waals surface area contributed by atoms with E-state index in [-0.39, 0.29) is 0 Å². The van der Waals surface area contributed by atoms with Crippen molar-refractivity contribution < 1.29 is 18.7 Å². The predicted octanol–water partition coefficient (Wildman–Crippen LogP) is 2.98. The second-order valence-corrected chi connectivity index (χ2v) is 6.05. The van der Waals surface area contributed by atoms with E-state index in [1.165, 1.54) is 7.11 Å². The summed E-state index contributed by atoms with van der Waals surface area (Å²) in [6.07, 6.45) is 0. The molecule has 1 aromatic heterocycles. The molecule has 0 bridgehead atoms. The molecule has 0 saturated carbocycles. The van der Waals surface area contributed by atoms with Gasteiger partial charge in [-0.2, -0.15) is 0 Å². The number of benzene rings is 1. The molecule has 2 rings (SSSR count). The van der Waals surface area contributed by atoms with Gasteiger partial charge in [0.15, 0.2) is 5.96 Å². The Labute approximate surface area is 160 Å². The lowest BCUT2D eigenvalue weighted by Gasteiger charge is -2.22. The number of nitrogens with zero attached hydrogens (tertiary/aromatic N) is 2. The number of rotatable bonds is 7. The molecule has 146 valence electrons. The number of hydrogen-bond donors (Lipinski definition) is 1. The lowest BCUT2D eigenvalue weighted by atomic mass is 10.2. The Morgan fingerprint density at radius 1 is 1.26 bits per heavy atom. The smallest absolute Gasteiger partial charge is 0.341 e. The molecule has 0 atom stereocenters. The normalized spacial score (nSPS) is 11.2. The molecule has 2 aromatic rings. The van der Waals surface area contributed by atoms with Gasteiger partial charge in [0.1, 0.15) is 29.4 Å². The minimum Gasteiger partial charge on any atom is -0.497 e. The highest BCUT2D eigenvalue weighted by Gasteiger charge is 2.15. The highest BCUT2D eigenvalue weighted by atomic mass is 16.5. The van der Waals surface area contributed by atoms with Crippen LogP contribution in [0.5, 0.6) is 5.75 Å². The summed E-state index contributed by atoms with van der Waals surface area (Å²) in [5, 5.41) is 3.27. The van der Waals surface area contributed by atoms with Crippen LogP contribution in [0.15, 0.2) is 39.7 Å². The molecule has 1 N–H and O–H groups in total. The van der Waals surface area contributed by atoms with Gasteiger partial charge in [-0.1, -0.05) is 12.1 Å². The van der Waals surface area contributed by atoms with E-state index in [0.29, 0.717) is 30.2 Å². The third-order valence-electron chi connectivity index (χ3n) is 4.03. The maximum Gasteiger partial charge on any atom is 0.341 e. The highest BCUT2D eigenvalue weighted by Crippen LogP contribution is 2.17.